The topological polar surface area (TPSA) is 90.4 Å². The number of hydrogen-bond donors (Lipinski definition) is 1. The van der Waals surface area contributed by atoms with E-state index in [-0.39, 0.29) is 41.1 Å². The van der Waals surface area contributed by atoms with Crippen LogP contribution in [0.25, 0.3) is 0 Å². The number of likely N-dealkylation sites (tertiary alicyclic amines) is 1. The molecule has 2 bridgehead atoms. The molecule has 0 aromatic heterocycles. The van der Waals surface area contributed by atoms with Crippen LogP contribution in [-0.4, -0.2) is 98.4 Å². The van der Waals surface area contributed by atoms with Gasteiger partial charge in [-0.05, 0) is 32.1 Å². The average molecular weight is 597 g/mol. The number of amides is 3. The minimum absolute atomic E-state index is 0.0621. The van der Waals surface area contributed by atoms with Crippen LogP contribution in [0.3, 0.4) is 0 Å². The zero-order valence-corrected chi connectivity index (χ0v) is 25.2. The van der Waals surface area contributed by atoms with Crippen LogP contribution >= 0.6 is 15.9 Å². The van der Waals surface area contributed by atoms with Crippen molar-refractivity contribution in [3.63, 3.8) is 0 Å². The fraction of sp³-hybridized carbons (Fsp3) is 0.759. The van der Waals surface area contributed by atoms with E-state index in [0.29, 0.717) is 26.1 Å². The molecule has 3 rings (SSSR count). The Balaban J connectivity index is 2.15. The van der Waals surface area contributed by atoms with Gasteiger partial charge in [0, 0.05) is 30.5 Å². The second kappa shape index (κ2) is 12.6. The van der Waals surface area contributed by atoms with Crippen molar-refractivity contribution in [2.75, 3.05) is 26.2 Å². The Labute approximate surface area is 236 Å². The number of alkyl halides is 1. The molecule has 4 unspecified atom stereocenters. The molecule has 214 valence electrons. The molecule has 0 aromatic rings. The minimum atomic E-state index is -1.15. The maximum Gasteiger partial charge on any atom is 0.248 e. The van der Waals surface area contributed by atoms with Crippen molar-refractivity contribution in [1.82, 2.24) is 14.7 Å². The van der Waals surface area contributed by atoms with Crippen molar-refractivity contribution >= 4 is 33.7 Å². The van der Waals surface area contributed by atoms with Crippen LogP contribution in [0.2, 0.25) is 0 Å². The molecule has 3 fully saturated rings. The Morgan fingerprint density at radius 2 is 1.84 bits per heavy atom. The van der Waals surface area contributed by atoms with Crippen LogP contribution in [0.5, 0.6) is 0 Å². The fourth-order valence-electron chi connectivity index (χ4n) is 6.89. The van der Waals surface area contributed by atoms with Crippen LogP contribution in [0.4, 0.5) is 0 Å². The van der Waals surface area contributed by atoms with Crippen molar-refractivity contribution in [3.05, 3.63) is 25.3 Å². The Morgan fingerprint density at radius 3 is 2.37 bits per heavy atom. The van der Waals surface area contributed by atoms with Gasteiger partial charge in [-0.15, -0.1) is 13.2 Å². The number of aliphatic hydroxyl groups excluding tert-OH is 1. The molecule has 0 aromatic carbocycles. The lowest BCUT2D eigenvalue weighted by Crippen LogP contribution is -2.61. The predicted octanol–water partition coefficient (Wildman–Crippen LogP) is 3.38. The molecular weight excluding hydrogens is 550 g/mol. The van der Waals surface area contributed by atoms with Gasteiger partial charge in [-0.3, -0.25) is 14.4 Å². The molecule has 1 spiro atoms. The lowest BCUT2D eigenvalue weighted by Gasteiger charge is -2.42. The molecule has 38 heavy (non-hydrogen) atoms. The van der Waals surface area contributed by atoms with Gasteiger partial charge in [-0.1, -0.05) is 62.2 Å². The second-order valence-electron chi connectivity index (χ2n) is 11.4. The summed E-state index contributed by atoms with van der Waals surface area (Å²) < 4.78 is 6.68. The maximum absolute atomic E-state index is 14.5. The predicted molar refractivity (Wildman–Crippen MR) is 152 cm³/mol. The van der Waals surface area contributed by atoms with Crippen LogP contribution in [0, 0.1) is 17.8 Å². The Kier molecular flexibility index (Phi) is 10.3. The molecular formula is C29H46BrN3O5. The number of carbonyl (C=O) groups excluding carboxylic acids is 3. The number of fused-ring (bicyclic) bond motifs is 1. The van der Waals surface area contributed by atoms with Gasteiger partial charge in [-0.25, -0.2) is 0 Å². The van der Waals surface area contributed by atoms with Crippen LogP contribution in [-0.2, 0) is 19.1 Å². The van der Waals surface area contributed by atoms with Crippen molar-refractivity contribution in [2.24, 2.45) is 17.8 Å². The summed E-state index contributed by atoms with van der Waals surface area (Å²) in [6.07, 6.45) is 5.83. The first-order valence-electron chi connectivity index (χ1n) is 14.1. The van der Waals surface area contributed by atoms with E-state index in [4.69, 9.17) is 4.74 Å². The highest BCUT2D eigenvalue weighted by atomic mass is 79.9. The molecule has 9 heteroatoms. The number of carbonyl (C=O) groups is 3. The summed E-state index contributed by atoms with van der Waals surface area (Å²) in [5, 5.41) is 10.4. The number of rotatable bonds is 14. The monoisotopic (exact) mass is 595 g/mol. The molecule has 3 aliphatic rings. The third kappa shape index (κ3) is 5.10. The summed E-state index contributed by atoms with van der Waals surface area (Å²) in [4.78, 5) is 47.8. The van der Waals surface area contributed by atoms with E-state index in [9.17, 15) is 19.5 Å². The summed E-state index contributed by atoms with van der Waals surface area (Å²) in [7, 11) is 0. The van der Waals surface area contributed by atoms with Crippen LogP contribution in [0.15, 0.2) is 25.3 Å². The zero-order chi connectivity index (χ0) is 28.4. The van der Waals surface area contributed by atoms with E-state index in [1.54, 1.807) is 26.9 Å². The van der Waals surface area contributed by atoms with Gasteiger partial charge in [0.05, 0.1) is 30.6 Å². The van der Waals surface area contributed by atoms with Gasteiger partial charge in [-0.2, -0.15) is 0 Å². The largest absolute Gasteiger partial charge is 0.394 e. The Morgan fingerprint density at radius 1 is 1.18 bits per heavy atom. The van der Waals surface area contributed by atoms with E-state index in [1.165, 1.54) is 0 Å². The van der Waals surface area contributed by atoms with Gasteiger partial charge in [0.1, 0.15) is 11.6 Å². The summed E-state index contributed by atoms with van der Waals surface area (Å²) in [6, 6.07) is -1.57. The summed E-state index contributed by atoms with van der Waals surface area (Å²) in [5.41, 5.74) is -1.15. The van der Waals surface area contributed by atoms with Crippen molar-refractivity contribution < 1.29 is 24.2 Å². The molecule has 0 aliphatic carbocycles. The van der Waals surface area contributed by atoms with Crippen LogP contribution < -0.4 is 0 Å². The lowest BCUT2D eigenvalue weighted by atomic mass is 9.70. The van der Waals surface area contributed by atoms with Gasteiger partial charge < -0.3 is 24.5 Å². The normalized spacial score (nSPS) is 31.3. The van der Waals surface area contributed by atoms with Crippen molar-refractivity contribution in [1.29, 1.82) is 0 Å². The summed E-state index contributed by atoms with van der Waals surface area (Å²) in [5.74, 6) is -2.20. The third-order valence-electron chi connectivity index (χ3n) is 8.56. The Hall–Kier alpha value is -1.71. The minimum Gasteiger partial charge on any atom is -0.394 e. The van der Waals surface area contributed by atoms with Gasteiger partial charge in [0.25, 0.3) is 0 Å². The number of halogens is 1. The summed E-state index contributed by atoms with van der Waals surface area (Å²) >= 11 is 3.75. The number of hydrogen-bond acceptors (Lipinski definition) is 5. The highest BCUT2D eigenvalue weighted by Crippen LogP contribution is 2.61. The lowest BCUT2D eigenvalue weighted by molar-refractivity contribution is -0.154. The van der Waals surface area contributed by atoms with Crippen molar-refractivity contribution in [3.8, 4) is 0 Å². The van der Waals surface area contributed by atoms with Gasteiger partial charge >= 0.3 is 0 Å². The molecule has 3 saturated heterocycles. The number of aliphatic hydroxyl groups is 1. The van der Waals surface area contributed by atoms with E-state index in [1.807, 2.05) is 27.7 Å². The molecule has 0 radical (unpaired) electrons. The highest BCUT2D eigenvalue weighted by molar-refractivity contribution is 9.09. The molecule has 3 aliphatic heterocycles. The molecule has 8 atom stereocenters. The molecule has 3 amide bonds. The van der Waals surface area contributed by atoms with E-state index < -0.39 is 35.6 Å². The molecule has 8 nitrogen and oxygen atoms in total. The number of nitrogens with zero attached hydrogens (tertiary/aromatic N) is 3. The van der Waals surface area contributed by atoms with Gasteiger partial charge in [0.15, 0.2) is 0 Å². The van der Waals surface area contributed by atoms with E-state index in [0.717, 1.165) is 19.3 Å². The third-order valence-corrected chi connectivity index (χ3v) is 9.41. The summed E-state index contributed by atoms with van der Waals surface area (Å²) in [6.45, 7) is 18.6. The molecule has 0 saturated carbocycles. The molecule has 3 heterocycles. The molecule has 1 N–H and O–H groups in total. The van der Waals surface area contributed by atoms with Gasteiger partial charge in [0.2, 0.25) is 17.7 Å². The average Bonchev–Trinajstić information content (AvgIpc) is 3.45. The maximum atomic E-state index is 14.5. The zero-order valence-electron chi connectivity index (χ0n) is 23.6. The Bertz CT molecular complexity index is 913. The van der Waals surface area contributed by atoms with E-state index >= 15 is 0 Å². The first-order chi connectivity index (χ1) is 18.1. The van der Waals surface area contributed by atoms with Crippen LogP contribution in [0.1, 0.15) is 60.3 Å². The highest BCUT2D eigenvalue weighted by Gasteiger charge is 2.77. The van der Waals surface area contributed by atoms with Crippen molar-refractivity contribution in [2.45, 2.75) is 95.0 Å². The van der Waals surface area contributed by atoms with E-state index in [2.05, 4.69) is 36.0 Å². The fourth-order valence-corrected chi connectivity index (χ4v) is 7.83. The SMILES string of the molecule is C=CCN(CCC)C(=O)[C@H]1[C@H]2C(=O)N([C@@H](CO)C(C)C)C(C(=O)N(CC=C)C(C)CCC)C23CC(Br)[C@@H]1O3. The quantitative estimate of drug-likeness (QED) is 0.245. The standard InChI is InChI=1S/C29H46BrN3O5/c1-8-12-19(7)32(15-11-4)28(37)25-29-16-20(30)24(38-29)22(26(35)31(13-9-2)14-10-3)23(29)27(36)33(25)21(17-34)18(5)6/h9,11,18-25,34H,2,4,8,10,12-17H2,1,3,5-7H3/t19?,20?,21-,22-,23-,24-,25?,29?/m0/s1. The second-order valence-corrected chi connectivity index (χ2v) is 12.6. The first kappa shape index (κ1) is 30.8. The first-order valence-corrected chi connectivity index (χ1v) is 15.0. The number of ether oxygens (including phenoxy) is 1. The smallest absolute Gasteiger partial charge is 0.248 e.